The normalized spacial score (nSPS) is 21.6. The van der Waals surface area contributed by atoms with Crippen molar-refractivity contribution in [2.75, 3.05) is 46.9 Å². The van der Waals surface area contributed by atoms with Crippen molar-refractivity contribution in [2.24, 2.45) is 18.4 Å². The Bertz CT molecular complexity index is 2300. The van der Waals surface area contributed by atoms with Crippen molar-refractivity contribution in [3.05, 3.63) is 76.0 Å². The second kappa shape index (κ2) is 15.4. The monoisotopic (exact) mass is 789 g/mol. The van der Waals surface area contributed by atoms with Crippen molar-refractivity contribution >= 4 is 28.5 Å². The Morgan fingerprint density at radius 2 is 1.55 bits per heavy atom. The summed E-state index contributed by atoms with van der Waals surface area (Å²) in [5.74, 6) is 2.04. The number of amides is 3. The molecule has 58 heavy (non-hydrogen) atoms. The number of hydrogen-bond donors (Lipinski definition) is 1. The average Bonchev–Trinajstić information content (AvgIpc) is 3.54. The van der Waals surface area contributed by atoms with E-state index in [1.165, 1.54) is 19.0 Å². The first-order valence-electron chi connectivity index (χ1n) is 20.5. The molecule has 1 N–H and O–H groups in total. The highest BCUT2D eigenvalue weighted by Gasteiger charge is 2.47. The van der Waals surface area contributed by atoms with Gasteiger partial charge in [0.25, 0.3) is 11.5 Å². The van der Waals surface area contributed by atoms with Gasteiger partial charge < -0.3 is 28.6 Å². The molecule has 14 nitrogen and oxygen atoms in total. The maximum absolute atomic E-state index is 13.3. The van der Waals surface area contributed by atoms with Crippen LogP contribution in [0.3, 0.4) is 0 Å². The number of ether oxygens (including phenoxy) is 3. The summed E-state index contributed by atoms with van der Waals surface area (Å²) in [5, 5.41) is 11.6. The molecule has 2 aromatic heterocycles. The molecule has 6 heterocycles. The van der Waals surface area contributed by atoms with Crippen LogP contribution in [0.15, 0.2) is 53.7 Å². The van der Waals surface area contributed by atoms with Gasteiger partial charge in [-0.15, -0.1) is 0 Å². The van der Waals surface area contributed by atoms with Gasteiger partial charge in [-0.05, 0) is 118 Å². The largest absolute Gasteiger partial charge is 0.496 e. The van der Waals surface area contributed by atoms with Crippen LogP contribution in [0.1, 0.15) is 72.9 Å². The Hall–Kier alpha value is -5.34. The van der Waals surface area contributed by atoms with Crippen LogP contribution in [0.4, 0.5) is 0 Å². The van der Waals surface area contributed by atoms with E-state index in [1.54, 1.807) is 36.9 Å². The first-order chi connectivity index (χ1) is 28.1. The van der Waals surface area contributed by atoms with E-state index in [9.17, 15) is 19.2 Å². The lowest BCUT2D eigenvalue weighted by atomic mass is 9.61. The molecule has 5 aliphatic rings. The third-order valence-corrected chi connectivity index (χ3v) is 13.5. The predicted octanol–water partition coefficient (Wildman–Crippen LogP) is 4.31. The number of carbonyl (C=O) groups excluding carboxylic acids is 3. The van der Waals surface area contributed by atoms with Gasteiger partial charge in [-0.25, -0.2) is 0 Å². The minimum atomic E-state index is -0.614. The van der Waals surface area contributed by atoms with Gasteiger partial charge in [0.05, 0.1) is 43.7 Å². The Morgan fingerprint density at radius 3 is 2.24 bits per heavy atom. The maximum atomic E-state index is 13.3. The van der Waals surface area contributed by atoms with Crippen molar-refractivity contribution in [2.45, 2.75) is 76.6 Å². The van der Waals surface area contributed by atoms with Crippen LogP contribution < -0.4 is 25.1 Å². The molecule has 1 spiro atoms. The number of piperidine rings is 3. The van der Waals surface area contributed by atoms with E-state index in [0.717, 1.165) is 104 Å². The minimum Gasteiger partial charge on any atom is -0.496 e. The zero-order valence-electron chi connectivity index (χ0n) is 33.5. The number of rotatable bonds is 10. The van der Waals surface area contributed by atoms with Crippen LogP contribution >= 0.6 is 0 Å². The summed E-state index contributed by atoms with van der Waals surface area (Å²) in [5.41, 5.74) is 4.47. The smallest absolute Gasteiger partial charge is 0.259 e. The average molecular weight is 790 g/mol. The van der Waals surface area contributed by atoms with Crippen molar-refractivity contribution in [3.63, 3.8) is 0 Å². The number of imide groups is 1. The van der Waals surface area contributed by atoms with Crippen LogP contribution in [0, 0.1) is 11.3 Å². The topological polar surface area (TPSA) is 148 Å². The summed E-state index contributed by atoms with van der Waals surface area (Å²) in [6.45, 7) is 6.52. The molecule has 3 amide bonds. The van der Waals surface area contributed by atoms with Gasteiger partial charge in [-0.2, -0.15) is 10.2 Å². The molecule has 14 heteroatoms. The highest BCUT2D eigenvalue weighted by atomic mass is 16.5. The van der Waals surface area contributed by atoms with Gasteiger partial charge >= 0.3 is 0 Å². The third kappa shape index (κ3) is 7.21. The van der Waals surface area contributed by atoms with Crippen molar-refractivity contribution < 1.29 is 28.6 Å². The quantitative estimate of drug-likeness (QED) is 0.229. The van der Waals surface area contributed by atoms with E-state index in [4.69, 9.17) is 14.2 Å². The molecule has 0 bridgehead atoms. The number of nitrogens with one attached hydrogen (secondary N) is 1. The molecule has 1 atom stereocenters. The maximum Gasteiger partial charge on any atom is 0.259 e. The lowest BCUT2D eigenvalue weighted by Gasteiger charge is -2.52. The Kier molecular flexibility index (Phi) is 10.2. The number of benzene rings is 2. The number of carbonyl (C=O) groups is 3. The number of pyridine rings is 1. The molecule has 0 radical (unpaired) electrons. The number of likely N-dealkylation sites (tertiary alicyclic amines) is 2. The second-order valence-electron chi connectivity index (χ2n) is 17.0. The molecule has 2 aromatic carbocycles. The molecule has 4 fully saturated rings. The van der Waals surface area contributed by atoms with E-state index >= 15 is 0 Å². The van der Waals surface area contributed by atoms with Gasteiger partial charge in [-0.1, -0.05) is 6.07 Å². The summed E-state index contributed by atoms with van der Waals surface area (Å²) < 4.78 is 19.9. The van der Waals surface area contributed by atoms with Crippen molar-refractivity contribution in [3.8, 4) is 28.4 Å². The van der Waals surface area contributed by atoms with Crippen LogP contribution in [0.5, 0.6) is 17.2 Å². The Balaban J connectivity index is 0.746. The number of aryl methyl sites for hydroxylation is 1. The van der Waals surface area contributed by atoms with Gasteiger partial charge in [0.2, 0.25) is 11.8 Å². The predicted molar refractivity (Wildman–Crippen MR) is 216 cm³/mol. The second-order valence-corrected chi connectivity index (χ2v) is 17.0. The minimum absolute atomic E-state index is 0.118. The number of fused-ring (bicyclic) bond motifs is 2. The molecule has 1 unspecified atom stereocenters. The molecule has 304 valence electrons. The van der Waals surface area contributed by atoms with Gasteiger partial charge in [-0.3, -0.25) is 29.4 Å². The standard InChI is InChI=1S/C44H51N7O7/c1-48-25-35(33-21-45-46-22-34(33)42(48)54)29-16-38(56-2)36(39(17-29)57-3)26-49-12-8-27(9-13-49)23-50-14-10-44(11-15-50)19-31(20-44)58-30-5-4-28-24-51(43(55)32(28)18-30)37-6-7-40(52)47-41(37)53/h4-5,16-18,21-22,25,27,31,37H,6-15,19-20,23-24,26H2,1-3H3,(H,47,52,53). The number of aromatic nitrogens is 3. The fraction of sp³-hybridized carbons (Fsp3) is 0.500. The molecule has 4 aliphatic heterocycles. The molecule has 1 saturated carbocycles. The number of methoxy groups -OCH3 is 2. The van der Waals surface area contributed by atoms with Crippen LogP contribution in [0.25, 0.3) is 21.9 Å². The lowest BCUT2D eigenvalue weighted by Crippen LogP contribution is -2.52. The molecule has 9 rings (SSSR count). The summed E-state index contributed by atoms with van der Waals surface area (Å²) >= 11 is 0. The first-order valence-corrected chi connectivity index (χ1v) is 20.5. The first kappa shape index (κ1) is 38.2. The summed E-state index contributed by atoms with van der Waals surface area (Å²) in [6, 6.07) is 9.15. The van der Waals surface area contributed by atoms with E-state index in [2.05, 4.69) is 25.3 Å². The zero-order chi connectivity index (χ0) is 40.1. The van der Waals surface area contributed by atoms with Gasteiger partial charge in [0.1, 0.15) is 23.3 Å². The Morgan fingerprint density at radius 1 is 0.845 bits per heavy atom. The van der Waals surface area contributed by atoms with E-state index in [1.807, 2.05) is 36.5 Å². The highest BCUT2D eigenvalue weighted by molar-refractivity contribution is 6.05. The van der Waals surface area contributed by atoms with Gasteiger partial charge in [0, 0.05) is 55.8 Å². The van der Waals surface area contributed by atoms with E-state index in [0.29, 0.717) is 41.0 Å². The summed E-state index contributed by atoms with van der Waals surface area (Å²) in [7, 11) is 5.12. The van der Waals surface area contributed by atoms with E-state index < -0.39 is 11.9 Å². The summed E-state index contributed by atoms with van der Waals surface area (Å²) in [6.07, 6.45) is 12.5. The fourth-order valence-corrected chi connectivity index (χ4v) is 10.1. The molecule has 1 aliphatic carbocycles. The van der Waals surface area contributed by atoms with Crippen LogP contribution in [-0.4, -0.2) is 106 Å². The number of nitrogens with zero attached hydrogens (tertiary/aromatic N) is 6. The van der Waals surface area contributed by atoms with Crippen molar-refractivity contribution in [1.82, 2.24) is 34.8 Å². The van der Waals surface area contributed by atoms with E-state index in [-0.39, 0.29) is 29.9 Å². The SMILES string of the molecule is COc1cc(-c2cn(C)c(=O)c3cnncc23)cc(OC)c1CN1CCC(CN2CCC3(CC2)CC(Oc2ccc4c(c2)C(=O)N(C2CCC(=O)NC2=O)C4)C3)CC1. The van der Waals surface area contributed by atoms with Crippen LogP contribution in [-0.2, 0) is 29.7 Å². The molecular weight excluding hydrogens is 739 g/mol. The highest BCUT2D eigenvalue weighted by Crippen LogP contribution is 2.51. The molecule has 4 aromatic rings. The van der Waals surface area contributed by atoms with Gasteiger partial charge in [0.15, 0.2) is 0 Å². The van der Waals surface area contributed by atoms with Crippen LogP contribution in [0.2, 0.25) is 0 Å². The zero-order valence-corrected chi connectivity index (χ0v) is 33.5. The molecular formula is C44H51N7O7. The number of hydrogen-bond acceptors (Lipinski definition) is 11. The lowest BCUT2D eigenvalue weighted by molar-refractivity contribution is -0.136. The fourth-order valence-electron chi connectivity index (χ4n) is 10.1. The third-order valence-electron chi connectivity index (χ3n) is 13.5. The molecule has 3 saturated heterocycles. The van der Waals surface area contributed by atoms with Crippen molar-refractivity contribution in [1.29, 1.82) is 0 Å². The summed E-state index contributed by atoms with van der Waals surface area (Å²) in [4.78, 5) is 56.8. The Labute approximate surface area is 337 Å².